The summed E-state index contributed by atoms with van der Waals surface area (Å²) in [5.74, 6) is -2.05. The van der Waals surface area contributed by atoms with Crippen molar-refractivity contribution in [1.29, 1.82) is 0 Å². The molecule has 0 aliphatic rings. The number of carbonyl (C=O) groups is 2. The molecule has 0 fully saturated rings. The lowest BCUT2D eigenvalue weighted by Gasteiger charge is -2.08. The Labute approximate surface area is 129 Å². The molecular formula is C15H13FN2O5. The van der Waals surface area contributed by atoms with Crippen molar-refractivity contribution in [2.45, 2.75) is 6.54 Å². The Bertz CT molecular complexity index is 799. The van der Waals surface area contributed by atoms with Crippen LogP contribution in [-0.2, 0) is 11.3 Å². The highest BCUT2D eigenvalue weighted by molar-refractivity contribution is 5.95. The molecule has 0 radical (unpaired) electrons. The van der Waals surface area contributed by atoms with Crippen LogP contribution in [0, 0.1) is 5.82 Å². The van der Waals surface area contributed by atoms with Crippen molar-refractivity contribution in [3.63, 3.8) is 0 Å². The molecule has 0 aliphatic heterocycles. The fourth-order valence-corrected chi connectivity index (χ4v) is 1.83. The molecule has 1 aromatic heterocycles. The summed E-state index contributed by atoms with van der Waals surface area (Å²) in [5.41, 5.74) is -0.850. The van der Waals surface area contributed by atoms with Crippen LogP contribution >= 0.6 is 0 Å². The van der Waals surface area contributed by atoms with Crippen LogP contribution < -0.4 is 10.7 Å². The first kappa shape index (κ1) is 16.2. The third-order valence-electron chi connectivity index (χ3n) is 3.04. The predicted molar refractivity (Wildman–Crippen MR) is 76.8 cm³/mol. The maximum absolute atomic E-state index is 12.8. The molecule has 0 saturated heterocycles. The Kier molecular flexibility index (Phi) is 4.75. The minimum Gasteiger partial charge on any atom is -0.464 e. The minimum atomic E-state index is -0.914. The molecule has 2 aromatic rings. The molecular weight excluding hydrogens is 307 g/mol. The smallest absolute Gasteiger partial charge is 0.358 e. The van der Waals surface area contributed by atoms with E-state index in [2.05, 4.69) is 10.1 Å². The molecule has 2 N–H and O–H groups in total. The van der Waals surface area contributed by atoms with Crippen LogP contribution in [0.25, 0.3) is 0 Å². The molecule has 0 atom stereocenters. The summed E-state index contributed by atoms with van der Waals surface area (Å²) in [6.07, 6.45) is 0.828. The summed E-state index contributed by atoms with van der Waals surface area (Å²) in [6, 6.07) is 6.26. The molecule has 0 bridgehead atoms. The third kappa shape index (κ3) is 3.73. The highest BCUT2D eigenvalue weighted by atomic mass is 19.1. The number of nitrogens with one attached hydrogen (secondary N) is 1. The van der Waals surface area contributed by atoms with E-state index in [0.29, 0.717) is 10.3 Å². The molecule has 120 valence electrons. The molecule has 0 saturated carbocycles. The van der Waals surface area contributed by atoms with Crippen molar-refractivity contribution in [2.75, 3.05) is 7.11 Å². The van der Waals surface area contributed by atoms with Crippen LogP contribution in [0.3, 0.4) is 0 Å². The van der Waals surface area contributed by atoms with Crippen LogP contribution in [0.5, 0.6) is 0 Å². The maximum Gasteiger partial charge on any atom is 0.358 e. The van der Waals surface area contributed by atoms with E-state index in [9.17, 15) is 24.0 Å². The number of pyridine rings is 1. The van der Waals surface area contributed by atoms with Crippen LogP contribution in [0.4, 0.5) is 4.39 Å². The first-order valence-electron chi connectivity index (χ1n) is 6.49. The monoisotopic (exact) mass is 320 g/mol. The van der Waals surface area contributed by atoms with Gasteiger partial charge in [0.15, 0.2) is 11.1 Å². The van der Waals surface area contributed by atoms with Gasteiger partial charge in [-0.1, -0.05) is 12.1 Å². The summed E-state index contributed by atoms with van der Waals surface area (Å²) < 4.78 is 17.5. The summed E-state index contributed by atoms with van der Waals surface area (Å²) in [5, 5.41) is 12.1. The van der Waals surface area contributed by atoms with E-state index >= 15 is 0 Å². The van der Waals surface area contributed by atoms with Gasteiger partial charge < -0.3 is 15.3 Å². The second-order valence-corrected chi connectivity index (χ2v) is 4.58. The van der Waals surface area contributed by atoms with Crippen molar-refractivity contribution in [3.8, 4) is 0 Å². The topological polar surface area (TPSA) is 97.6 Å². The van der Waals surface area contributed by atoms with Gasteiger partial charge in [0.25, 0.3) is 5.91 Å². The molecule has 23 heavy (non-hydrogen) atoms. The van der Waals surface area contributed by atoms with Gasteiger partial charge in [0.2, 0.25) is 0 Å². The van der Waals surface area contributed by atoms with Gasteiger partial charge in [-0.15, -0.1) is 0 Å². The normalized spacial score (nSPS) is 10.2. The zero-order chi connectivity index (χ0) is 17.0. The van der Waals surface area contributed by atoms with E-state index in [1.54, 1.807) is 0 Å². The molecule has 0 aliphatic carbocycles. The number of nitrogens with zero attached hydrogens (tertiary/aromatic N) is 1. The van der Waals surface area contributed by atoms with Gasteiger partial charge in [0.05, 0.1) is 13.3 Å². The quantitative estimate of drug-likeness (QED) is 0.645. The number of esters is 1. The van der Waals surface area contributed by atoms with E-state index in [0.717, 1.165) is 19.4 Å². The average molecular weight is 320 g/mol. The third-order valence-corrected chi connectivity index (χ3v) is 3.04. The summed E-state index contributed by atoms with van der Waals surface area (Å²) in [6.45, 7) is 0.0722. The number of carbonyl (C=O) groups excluding carboxylic acids is 2. The molecule has 1 aromatic carbocycles. The Hall–Kier alpha value is -3.16. The highest BCUT2D eigenvalue weighted by Crippen LogP contribution is 2.04. The second kappa shape index (κ2) is 6.73. The van der Waals surface area contributed by atoms with E-state index in [1.165, 1.54) is 24.3 Å². The van der Waals surface area contributed by atoms with E-state index < -0.39 is 28.8 Å². The zero-order valence-electron chi connectivity index (χ0n) is 12.1. The van der Waals surface area contributed by atoms with Gasteiger partial charge in [0.1, 0.15) is 11.4 Å². The predicted octanol–water partition coefficient (Wildman–Crippen LogP) is 0.941. The maximum atomic E-state index is 12.8. The van der Waals surface area contributed by atoms with Gasteiger partial charge in [-0.2, -0.15) is 4.73 Å². The Morgan fingerprint density at radius 3 is 2.57 bits per heavy atom. The molecule has 0 unspecified atom stereocenters. The molecule has 7 nitrogen and oxygen atoms in total. The lowest BCUT2D eigenvalue weighted by molar-refractivity contribution is 0.0542. The van der Waals surface area contributed by atoms with Gasteiger partial charge in [-0.3, -0.25) is 9.59 Å². The lowest BCUT2D eigenvalue weighted by atomic mass is 10.2. The van der Waals surface area contributed by atoms with Crippen molar-refractivity contribution in [2.24, 2.45) is 0 Å². The van der Waals surface area contributed by atoms with E-state index in [4.69, 9.17) is 0 Å². The summed E-state index contributed by atoms with van der Waals surface area (Å²) in [7, 11) is 1.09. The number of ether oxygens (including phenoxy) is 1. The number of rotatable bonds is 4. The summed E-state index contributed by atoms with van der Waals surface area (Å²) in [4.78, 5) is 35.2. The first-order valence-corrected chi connectivity index (χ1v) is 6.49. The zero-order valence-corrected chi connectivity index (χ0v) is 12.1. The Morgan fingerprint density at radius 1 is 1.30 bits per heavy atom. The lowest BCUT2D eigenvalue weighted by Crippen LogP contribution is -2.30. The highest BCUT2D eigenvalue weighted by Gasteiger charge is 2.17. The number of hydrogen-bond acceptors (Lipinski definition) is 5. The second-order valence-electron chi connectivity index (χ2n) is 4.58. The average Bonchev–Trinajstić information content (AvgIpc) is 2.55. The number of halogens is 1. The van der Waals surface area contributed by atoms with Crippen molar-refractivity contribution < 1.29 is 23.9 Å². The van der Waals surface area contributed by atoms with Crippen LogP contribution in [-0.4, -0.2) is 28.9 Å². The van der Waals surface area contributed by atoms with Gasteiger partial charge in [-0.25, -0.2) is 9.18 Å². The van der Waals surface area contributed by atoms with Crippen molar-refractivity contribution in [3.05, 3.63) is 69.4 Å². The molecule has 1 amide bonds. The van der Waals surface area contributed by atoms with Crippen LogP contribution in [0.2, 0.25) is 0 Å². The minimum absolute atomic E-state index is 0.0722. The van der Waals surface area contributed by atoms with Crippen molar-refractivity contribution in [1.82, 2.24) is 10.0 Å². The number of methoxy groups -OCH3 is 1. The molecule has 0 spiro atoms. The number of aromatic nitrogens is 1. The Balaban J connectivity index is 2.16. The van der Waals surface area contributed by atoms with Crippen molar-refractivity contribution >= 4 is 11.9 Å². The van der Waals surface area contributed by atoms with Gasteiger partial charge in [0, 0.05) is 12.6 Å². The summed E-state index contributed by atoms with van der Waals surface area (Å²) >= 11 is 0. The van der Waals surface area contributed by atoms with Crippen LogP contribution in [0.15, 0.2) is 41.3 Å². The van der Waals surface area contributed by atoms with E-state index in [-0.39, 0.29) is 12.1 Å². The largest absolute Gasteiger partial charge is 0.464 e. The molecule has 8 heteroatoms. The first-order chi connectivity index (χ1) is 10.9. The number of hydrogen-bond donors (Lipinski definition) is 2. The van der Waals surface area contributed by atoms with Gasteiger partial charge >= 0.3 is 5.97 Å². The Morgan fingerprint density at radius 2 is 1.96 bits per heavy atom. The van der Waals surface area contributed by atoms with Crippen LogP contribution in [0.1, 0.15) is 26.4 Å². The fourth-order valence-electron chi connectivity index (χ4n) is 1.83. The van der Waals surface area contributed by atoms with Gasteiger partial charge in [-0.05, 0) is 17.7 Å². The van der Waals surface area contributed by atoms with E-state index in [1.807, 2.05) is 0 Å². The number of amides is 1. The number of benzene rings is 1. The SMILES string of the molecule is COC(=O)c1cc(=O)c(C(=O)NCc2ccc(F)cc2)cn1O. The standard InChI is InChI=1S/C15H13FN2O5/c1-23-15(21)12-6-13(19)11(8-18(12)22)14(20)17-7-9-2-4-10(16)5-3-9/h2-6,8,22H,7H2,1H3,(H,17,20). The fraction of sp³-hybridized carbons (Fsp3) is 0.133. The molecule has 2 rings (SSSR count). The molecule has 1 heterocycles.